The molecular weight excluding hydrogens is 417 g/mol. The molecule has 30 heavy (non-hydrogen) atoms. The van der Waals surface area contributed by atoms with Gasteiger partial charge in [0.2, 0.25) is 0 Å². The average molecular weight is 436 g/mol. The zero-order chi connectivity index (χ0) is 21.9. The molecule has 0 aliphatic rings. The molecule has 0 unspecified atom stereocenters. The Morgan fingerprint density at radius 1 is 1.00 bits per heavy atom. The second kappa shape index (κ2) is 8.79. The molecule has 0 bridgehead atoms. The average Bonchev–Trinajstić information content (AvgIpc) is 3.05. The number of hydrogen-bond acceptors (Lipinski definition) is 4. The highest BCUT2D eigenvalue weighted by molar-refractivity contribution is 7.15. The van der Waals surface area contributed by atoms with Crippen molar-refractivity contribution in [3.63, 3.8) is 0 Å². The highest BCUT2D eigenvalue weighted by Crippen LogP contribution is 2.35. The number of carboxylic acids is 1. The summed E-state index contributed by atoms with van der Waals surface area (Å²) in [6.45, 7) is 3.62. The minimum atomic E-state index is -4.35. The van der Waals surface area contributed by atoms with E-state index >= 15 is 0 Å². The van der Waals surface area contributed by atoms with Crippen LogP contribution in [0.25, 0.3) is 10.4 Å². The van der Waals surface area contributed by atoms with Crippen LogP contribution < -0.4 is 9.47 Å². The number of alkyl halides is 3. The molecule has 0 fully saturated rings. The number of hydrogen-bond donors (Lipinski definition) is 1. The van der Waals surface area contributed by atoms with Crippen molar-refractivity contribution < 1.29 is 32.5 Å². The van der Waals surface area contributed by atoms with E-state index in [0.717, 1.165) is 38.6 Å². The van der Waals surface area contributed by atoms with Crippen LogP contribution in [0.5, 0.6) is 11.5 Å². The summed E-state index contributed by atoms with van der Waals surface area (Å²) in [4.78, 5) is 12.4. The van der Waals surface area contributed by atoms with Crippen LogP contribution in [0.1, 0.15) is 21.6 Å². The van der Waals surface area contributed by atoms with Gasteiger partial charge in [0.05, 0.1) is 5.56 Å². The van der Waals surface area contributed by atoms with Gasteiger partial charge in [0.25, 0.3) is 0 Å². The predicted octanol–water partition coefficient (Wildman–Crippen LogP) is 6.09. The molecule has 1 heterocycles. The molecule has 4 nitrogen and oxygen atoms in total. The van der Waals surface area contributed by atoms with Crippen molar-refractivity contribution in [2.45, 2.75) is 26.6 Å². The Kier molecular flexibility index (Phi) is 6.36. The van der Waals surface area contributed by atoms with E-state index in [1.807, 2.05) is 13.0 Å². The van der Waals surface area contributed by atoms with Crippen molar-refractivity contribution in [3.05, 3.63) is 70.1 Å². The quantitative estimate of drug-likeness (QED) is 0.487. The van der Waals surface area contributed by atoms with Gasteiger partial charge in [-0.05, 0) is 66.9 Å². The van der Waals surface area contributed by atoms with Gasteiger partial charge >= 0.3 is 12.1 Å². The van der Waals surface area contributed by atoms with Crippen LogP contribution in [0.2, 0.25) is 0 Å². The number of benzene rings is 2. The molecule has 0 amide bonds. The largest absolute Gasteiger partial charge is 0.488 e. The highest BCUT2D eigenvalue weighted by atomic mass is 32.1. The van der Waals surface area contributed by atoms with E-state index in [4.69, 9.17) is 14.6 Å². The molecule has 0 radical (unpaired) electrons. The summed E-state index contributed by atoms with van der Waals surface area (Å²) in [6.07, 6.45) is -4.35. The van der Waals surface area contributed by atoms with Crippen molar-refractivity contribution in [2.75, 3.05) is 6.61 Å². The maximum absolute atomic E-state index is 12.7. The fraction of sp³-hybridized carbons (Fsp3) is 0.227. The third-order valence-corrected chi connectivity index (χ3v) is 5.64. The van der Waals surface area contributed by atoms with Gasteiger partial charge in [0, 0.05) is 9.75 Å². The molecule has 0 saturated carbocycles. The molecule has 8 heteroatoms. The van der Waals surface area contributed by atoms with Gasteiger partial charge in [0.15, 0.2) is 6.61 Å². The fourth-order valence-corrected chi connectivity index (χ4v) is 3.88. The van der Waals surface area contributed by atoms with Gasteiger partial charge in [-0.25, -0.2) is 4.79 Å². The first-order valence-electron chi connectivity index (χ1n) is 8.98. The Balaban J connectivity index is 1.68. The van der Waals surface area contributed by atoms with Crippen LogP contribution in [-0.2, 0) is 17.6 Å². The van der Waals surface area contributed by atoms with E-state index in [1.54, 1.807) is 25.1 Å². The van der Waals surface area contributed by atoms with Gasteiger partial charge in [-0.3, -0.25) is 0 Å². The number of halogens is 3. The number of aryl methyl sites for hydroxylation is 2. The second-order valence-corrected chi connectivity index (χ2v) is 7.83. The van der Waals surface area contributed by atoms with Gasteiger partial charge in [-0.1, -0.05) is 12.1 Å². The summed E-state index contributed by atoms with van der Waals surface area (Å²) in [7, 11) is 0. The smallest absolute Gasteiger partial charge is 0.416 e. The molecule has 1 aromatic heterocycles. The lowest BCUT2D eigenvalue weighted by Gasteiger charge is -2.10. The Labute approximate surface area is 175 Å². The number of ether oxygens (including phenoxy) is 2. The third-order valence-electron chi connectivity index (χ3n) is 4.38. The zero-order valence-electron chi connectivity index (χ0n) is 16.2. The summed E-state index contributed by atoms with van der Waals surface area (Å²) in [6, 6.07) is 12.1. The SMILES string of the molecule is Cc1cc(OCc2sc(-c3ccc(C(F)(F)F)cc3)cc2C)ccc1OCC(=O)O. The topological polar surface area (TPSA) is 55.8 Å². The minimum Gasteiger partial charge on any atom is -0.488 e. The molecule has 3 aromatic rings. The molecule has 158 valence electrons. The summed E-state index contributed by atoms with van der Waals surface area (Å²) in [5.74, 6) is 0.0347. The minimum absolute atomic E-state index is 0.311. The van der Waals surface area contributed by atoms with E-state index in [-0.39, 0.29) is 0 Å². The normalized spacial score (nSPS) is 11.4. The van der Waals surface area contributed by atoms with E-state index in [1.165, 1.54) is 23.5 Å². The summed E-state index contributed by atoms with van der Waals surface area (Å²) < 4.78 is 49.2. The summed E-state index contributed by atoms with van der Waals surface area (Å²) >= 11 is 1.47. The Bertz CT molecular complexity index is 1040. The number of carboxylic acid groups (broad SMARTS) is 1. The maximum atomic E-state index is 12.7. The molecule has 0 atom stereocenters. The van der Waals surface area contributed by atoms with Crippen LogP contribution in [0.3, 0.4) is 0 Å². The van der Waals surface area contributed by atoms with Crippen LogP contribution in [-0.4, -0.2) is 17.7 Å². The van der Waals surface area contributed by atoms with Gasteiger partial charge in [-0.15, -0.1) is 11.3 Å². The first kappa shape index (κ1) is 21.7. The predicted molar refractivity (Wildman–Crippen MR) is 108 cm³/mol. The van der Waals surface area contributed by atoms with E-state index in [2.05, 4.69) is 0 Å². The molecular formula is C22H19F3O4S. The highest BCUT2D eigenvalue weighted by Gasteiger charge is 2.30. The van der Waals surface area contributed by atoms with E-state index in [0.29, 0.717) is 18.1 Å². The molecule has 0 aliphatic carbocycles. The van der Waals surface area contributed by atoms with Crippen molar-refractivity contribution in [1.29, 1.82) is 0 Å². The van der Waals surface area contributed by atoms with E-state index in [9.17, 15) is 18.0 Å². The Morgan fingerprint density at radius 2 is 1.70 bits per heavy atom. The third kappa shape index (κ3) is 5.33. The van der Waals surface area contributed by atoms with Crippen LogP contribution >= 0.6 is 11.3 Å². The molecule has 0 saturated heterocycles. The van der Waals surface area contributed by atoms with Crippen LogP contribution in [0, 0.1) is 13.8 Å². The number of rotatable bonds is 7. The molecule has 3 rings (SSSR count). The first-order chi connectivity index (χ1) is 14.1. The second-order valence-electron chi connectivity index (χ2n) is 6.69. The molecule has 1 N–H and O–H groups in total. The number of aliphatic carboxylic acids is 1. The number of carbonyl (C=O) groups is 1. The van der Waals surface area contributed by atoms with Crippen molar-refractivity contribution >= 4 is 17.3 Å². The summed E-state index contributed by atoms with van der Waals surface area (Å²) in [5.41, 5.74) is 1.79. The van der Waals surface area contributed by atoms with Crippen molar-refractivity contribution in [1.82, 2.24) is 0 Å². The van der Waals surface area contributed by atoms with Gasteiger partial charge in [0.1, 0.15) is 18.1 Å². The molecule has 0 aliphatic heterocycles. The Hall–Kier alpha value is -3.00. The lowest BCUT2D eigenvalue weighted by molar-refractivity contribution is -0.139. The Morgan fingerprint density at radius 3 is 2.30 bits per heavy atom. The monoisotopic (exact) mass is 436 g/mol. The standard InChI is InChI=1S/C22H19F3O4S/c1-13-9-17(7-8-18(13)29-12-21(26)27)28-11-20-14(2)10-19(30-20)15-3-5-16(6-4-15)22(23,24)25/h3-10H,11-12H2,1-2H3,(H,26,27). The molecule has 2 aromatic carbocycles. The lowest BCUT2D eigenvalue weighted by atomic mass is 10.1. The molecule has 0 spiro atoms. The lowest BCUT2D eigenvalue weighted by Crippen LogP contribution is -2.10. The van der Waals surface area contributed by atoms with Crippen molar-refractivity contribution in [2.24, 2.45) is 0 Å². The van der Waals surface area contributed by atoms with Gasteiger partial charge in [-0.2, -0.15) is 13.2 Å². The summed E-state index contributed by atoms with van der Waals surface area (Å²) in [5, 5.41) is 8.69. The fourth-order valence-electron chi connectivity index (χ4n) is 2.79. The van der Waals surface area contributed by atoms with Gasteiger partial charge < -0.3 is 14.6 Å². The maximum Gasteiger partial charge on any atom is 0.416 e. The number of thiophene rings is 1. The van der Waals surface area contributed by atoms with E-state index < -0.39 is 24.3 Å². The first-order valence-corrected chi connectivity index (χ1v) is 9.80. The van der Waals surface area contributed by atoms with Crippen LogP contribution in [0.15, 0.2) is 48.5 Å². The van der Waals surface area contributed by atoms with Crippen molar-refractivity contribution in [3.8, 4) is 21.9 Å². The van der Waals surface area contributed by atoms with Crippen LogP contribution in [0.4, 0.5) is 13.2 Å². The zero-order valence-corrected chi connectivity index (χ0v) is 17.1.